The molecular formula is C29H23Cl2F2N3O4. The lowest BCUT2D eigenvalue weighted by atomic mass is 10.0. The summed E-state index contributed by atoms with van der Waals surface area (Å²) in [5.74, 6) is -2.96. The third-order valence-electron chi connectivity index (χ3n) is 6.58. The zero-order valence-electron chi connectivity index (χ0n) is 21.0. The zero-order chi connectivity index (χ0) is 28.4. The molecule has 1 aliphatic heterocycles. The largest absolute Gasteiger partial charge is 0.490 e. The first-order chi connectivity index (χ1) is 19.2. The Kier molecular flexibility index (Phi) is 8.04. The van der Waals surface area contributed by atoms with Crippen LogP contribution in [0.3, 0.4) is 0 Å². The van der Waals surface area contributed by atoms with Gasteiger partial charge in [0.1, 0.15) is 23.5 Å². The molecule has 0 atom stereocenters. The molecule has 1 N–H and O–H groups in total. The number of hydrogen-bond acceptors (Lipinski definition) is 4. The monoisotopic (exact) mass is 585 g/mol. The van der Waals surface area contributed by atoms with Crippen LogP contribution in [-0.4, -0.2) is 50.9 Å². The predicted octanol–water partition coefficient (Wildman–Crippen LogP) is 6.44. The van der Waals surface area contributed by atoms with E-state index in [1.807, 2.05) is 0 Å². The molecule has 206 valence electrons. The van der Waals surface area contributed by atoms with Crippen LogP contribution in [0.4, 0.5) is 8.78 Å². The second kappa shape index (κ2) is 11.7. The van der Waals surface area contributed by atoms with E-state index in [0.717, 1.165) is 18.2 Å². The van der Waals surface area contributed by atoms with E-state index in [9.17, 15) is 23.5 Å². The van der Waals surface area contributed by atoms with Gasteiger partial charge in [0, 0.05) is 60.3 Å². The van der Waals surface area contributed by atoms with Gasteiger partial charge in [-0.15, -0.1) is 0 Å². The first-order valence-corrected chi connectivity index (χ1v) is 13.2. The summed E-state index contributed by atoms with van der Waals surface area (Å²) < 4.78 is 34.3. The number of para-hydroxylation sites is 1. The highest BCUT2D eigenvalue weighted by Crippen LogP contribution is 2.34. The van der Waals surface area contributed by atoms with Crippen LogP contribution in [-0.2, 0) is 11.2 Å². The third kappa shape index (κ3) is 5.95. The highest BCUT2D eigenvalue weighted by molar-refractivity contribution is 6.32. The summed E-state index contributed by atoms with van der Waals surface area (Å²) in [6, 6.07) is 16.7. The molecular weight excluding hydrogens is 563 g/mol. The van der Waals surface area contributed by atoms with Crippen molar-refractivity contribution in [2.24, 2.45) is 0 Å². The topological polar surface area (TPSA) is 84.7 Å². The smallest absolute Gasteiger partial charge is 0.307 e. The van der Waals surface area contributed by atoms with Crippen molar-refractivity contribution in [3.63, 3.8) is 0 Å². The Morgan fingerprint density at radius 3 is 2.25 bits per heavy atom. The van der Waals surface area contributed by atoms with E-state index < -0.39 is 29.9 Å². The van der Waals surface area contributed by atoms with Crippen molar-refractivity contribution in [2.75, 3.05) is 13.1 Å². The Morgan fingerprint density at radius 1 is 0.975 bits per heavy atom. The van der Waals surface area contributed by atoms with Gasteiger partial charge in [0.25, 0.3) is 5.91 Å². The van der Waals surface area contributed by atoms with E-state index >= 15 is 0 Å². The molecule has 1 aromatic heterocycles. The Balaban J connectivity index is 1.48. The number of ether oxygens (including phenoxy) is 1. The zero-order valence-corrected chi connectivity index (χ0v) is 22.5. The summed E-state index contributed by atoms with van der Waals surface area (Å²) in [5.41, 5.74) is 1.75. The van der Waals surface area contributed by atoms with Gasteiger partial charge in [-0.25, -0.2) is 13.5 Å². The van der Waals surface area contributed by atoms with Crippen LogP contribution in [0.25, 0.3) is 16.9 Å². The van der Waals surface area contributed by atoms with Crippen LogP contribution < -0.4 is 4.74 Å². The SMILES string of the molecule is O=C(O)Cc1c(C(=O)N2CCC(Oc3cc(F)cc(F)c3)CC2)nn(-c2ccccc2Cl)c1-c1ccc(Cl)cc1. The van der Waals surface area contributed by atoms with E-state index in [1.54, 1.807) is 53.4 Å². The van der Waals surface area contributed by atoms with Gasteiger partial charge in [-0.1, -0.05) is 47.5 Å². The lowest BCUT2D eigenvalue weighted by Gasteiger charge is -2.32. The van der Waals surface area contributed by atoms with Crippen LogP contribution in [0.2, 0.25) is 10.0 Å². The fourth-order valence-electron chi connectivity index (χ4n) is 4.76. The summed E-state index contributed by atoms with van der Waals surface area (Å²) in [5, 5.41) is 15.2. The van der Waals surface area contributed by atoms with Crippen LogP contribution in [0.1, 0.15) is 28.9 Å². The molecule has 1 saturated heterocycles. The molecule has 2 heterocycles. The maximum atomic E-state index is 13.8. The lowest BCUT2D eigenvalue weighted by Crippen LogP contribution is -2.42. The number of carbonyl (C=O) groups is 2. The first kappa shape index (κ1) is 27.6. The van der Waals surface area contributed by atoms with E-state index in [-0.39, 0.29) is 36.2 Å². The van der Waals surface area contributed by atoms with Crippen molar-refractivity contribution >= 4 is 35.1 Å². The van der Waals surface area contributed by atoms with Gasteiger partial charge in [0.2, 0.25) is 0 Å². The van der Waals surface area contributed by atoms with Gasteiger partial charge in [-0.3, -0.25) is 9.59 Å². The number of piperidine rings is 1. The van der Waals surface area contributed by atoms with Gasteiger partial charge in [-0.05, 0) is 24.3 Å². The summed E-state index contributed by atoms with van der Waals surface area (Å²) >= 11 is 12.6. The highest BCUT2D eigenvalue weighted by atomic mass is 35.5. The van der Waals surface area contributed by atoms with Gasteiger partial charge < -0.3 is 14.7 Å². The Hall–Kier alpha value is -3.95. The highest BCUT2D eigenvalue weighted by Gasteiger charge is 2.32. The number of rotatable bonds is 7. The van der Waals surface area contributed by atoms with Crippen molar-refractivity contribution in [2.45, 2.75) is 25.4 Å². The minimum atomic E-state index is -1.13. The number of carbonyl (C=O) groups excluding carboxylic acids is 1. The number of carboxylic acids is 1. The molecule has 1 fully saturated rings. The third-order valence-corrected chi connectivity index (χ3v) is 7.15. The van der Waals surface area contributed by atoms with E-state index in [0.29, 0.717) is 39.8 Å². The minimum absolute atomic E-state index is 0.00107. The first-order valence-electron chi connectivity index (χ1n) is 12.5. The van der Waals surface area contributed by atoms with Gasteiger partial charge in [0.05, 0.1) is 22.8 Å². The fraction of sp³-hybridized carbons (Fsp3) is 0.207. The molecule has 4 aromatic rings. The second-order valence-corrected chi connectivity index (χ2v) is 10.2. The quantitative estimate of drug-likeness (QED) is 0.270. The minimum Gasteiger partial charge on any atom is -0.490 e. The molecule has 11 heteroatoms. The fourth-order valence-corrected chi connectivity index (χ4v) is 5.10. The van der Waals surface area contributed by atoms with Gasteiger partial charge in [0.15, 0.2) is 5.69 Å². The number of amides is 1. The number of halogens is 4. The normalized spacial score (nSPS) is 13.8. The molecule has 0 radical (unpaired) electrons. The van der Waals surface area contributed by atoms with Crippen molar-refractivity contribution in [1.29, 1.82) is 0 Å². The van der Waals surface area contributed by atoms with E-state index in [2.05, 4.69) is 5.10 Å². The summed E-state index contributed by atoms with van der Waals surface area (Å²) in [6.07, 6.45) is 0.0173. The summed E-state index contributed by atoms with van der Waals surface area (Å²) in [7, 11) is 0. The molecule has 40 heavy (non-hydrogen) atoms. The molecule has 0 bridgehead atoms. The van der Waals surface area contributed by atoms with Crippen LogP contribution >= 0.6 is 23.2 Å². The number of likely N-dealkylation sites (tertiary alicyclic amines) is 1. The number of benzene rings is 3. The maximum absolute atomic E-state index is 13.8. The van der Waals surface area contributed by atoms with Crippen molar-refractivity contribution < 1.29 is 28.2 Å². The van der Waals surface area contributed by atoms with Crippen LogP contribution in [0, 0.1) is 11.6 Å². The number of carboxylic acid groups (broad SMARTS) is 1. The Morgan fingerprint density at radius 2 is 1.62 bits per heavy atom. The van der Waals surface area contributed by atoms with Gasteiger partial charge in [-0.2, -0.15) is 5.10 Å². The summed E-state index contributed by atoms with van der Waals surface area (Å²) in [6.45, 7) is 0.562. The molecule has 0 unspecified atom stereocenters. The number of aromatic nitrogens is 2. The number of hydrogen-bond donors (Lipinski definition) is 1. The van der Waals surface area contributed by atoms with Crippen LogP contribution in [0.15, 0.2) is 66.7 Å². The van der Waals surface area contributed by atoms with E-state index in [1.165, 1.54) is 4.68 Å². The molecule has 7 nitrogen and oxygen atoms in total. The van der Waals surface area contributed by atoms with Crippen molar-refractivity contribution in [3.05, 3.63) is 99.7 Å². The van der Waals surface area contributed by atoms with E-state index in [4.69, 9.17) is 27.9 Å². The molecule has 5 rings (SSSR count). The molecule has 1 amide bonds. The van der Waals surface area contributed by atoms with Crippen molar-refractivity contribution in [1.82, 2.24) is 14.7 Å². The lowest BCUT2D eigenvalue weighted by molar-refractivity contribution is -0.136. The van der Waals surface area contributed by atoms with Crippen molar-refractivity contribution in [3.8, 4) is 22.7 Å². The average Bonchev–Trinajstić information content (AvgIpc) is 3.27. The number of nitrogens with zero attached hydrogens (tertiary/aromatic N) is 3. The molecule has 3 aromatic carbocycles. The molecule has 0 aliphatic carbocycles. The maximum Gasteiger partial charge on any atom is 0.307 e. The molecule has 0 spiro atoms. The Labute approximate surface area is 238 Å². The van der Waals surface area contributed by atoms with Crippen LogP contribution in [0.5, 0.6) is 5.75 Å². The Bertz CT molecular complexity index is 1550. The standard InChI is InChI=1S/C29H23Cl2F2N3O4/c30-18-7-5-17(6-8-18)28-23(16-26(37)38)27(34-36(28)25-4-2-1-3-24(25)31)29(39)35-11-9-21(10-12-35)40-22-14-19(32)13-20(33)15-22/h1-8,13-15,21H,9-12,16H2,(H,37,38). The molecule has 1 aliphatic rings. The predicted molar refractivity (Wildman–Crippen MR) is 146 cm³/mol. The average molecular weight is 586 g/mol. The second-order valence-electron chi connectivity index (χ2n) is 9.33. The number of aliphatic carboxylic acids is 1. The summed E-state index contributed by atoms with van der Waals surface area (Å²) in [4.78, 5) is 27.3. The van der Waals surface area contributed by atoms with Gasteiger partial charge >= 0.3 is 5.97 Å². The molecule has 0 saturated carbocycles.